The van der Waals surface area contributed by atoms with Crippen molar-refractivity contribution in [3.8, 4) is 0 Å². The molecule has 6 nitrogen and oxygen atoms in total. The minimum atomic E-state index is -0.366. The van der Waals surface area contributed by atoms with Crippen LogP contribution in [0.1, 0.15) is 5.69 Å². The van der Waals surface area contributed by atoms with Crippen LogP contribution < -0.4 is 5.32 Å². The van der Waals surface area contributed by atoms with E-state index in [0.29, 0.717) is 23.1 Å². The molecule has 0 amide bonds. The summed E-state index contributed by atoms with van der Waals surface area (Å²) in [5.41, 5.74) is 3.96. The molecule has 0 bridgehead atoms. The normalized spacial score (nSPS) is 10.7. The number of nitro groups is 1. The number of nitrogens with one attached hydrogen (secondary N) is 1. The SMILES string of the molecule is O=[N+]([O-])c1c(NCCc2cscn2)ccc2ncccc12. The summed E-state index contributed by atoms with van der Waals surface area (Å²) in [5.74, 6) is 0. The molecule has 0 unspecified atom stereocenters. The van der Waals surface area contributed by atoms with Gasteiger partial charge in [-0.3, -0.25) is 15.1 Å². The number of hydrogen-bond donors (Lipinski definition) is 1. The van der Waals surface area contributed by atoms with E-state index in [0.717, 1.165) is 12.1 Å². The van der Waals surface area contributed by atoms with Crippen LogP contribution in [0.3, 0.4) is 0 Å². The van der Waals surface area contributed by atoms with E-state index in [1.165, 1.54) is 0 Å². The van der Waals surface area contributed by atoms with Crippen LogP contribution >= 0.6 is 11.3 Å². The highest BCUT2D eigenvalue weighted by atomic mass is 32.1. The summed E-state index contributed by atoms with van der Waals surface area (Å²) in [7, 11) is 0. The summed E-state index contributed by atoms with van der Waals surface area (Å²) >= 11 is 1.54. The molecule has 1 aromatic carbocycles. The van der Waals surface area contributed by atoms with Gasteiger partial charge < -0.3 is 5.32 Å². The van der Waals surface area contributed by atoms with Crippen molar-refractivity contribution in [3.05, 3.63) is 57.2 Å². The number of hydrogen-bond acceptors (Lipinski definition) is 6. The standard InChI is InChI=1S/C14H12N4O2S/c19-18(20)14-11-2-1-6-15-12(11)3-4-13(14)16-7-5-10-8-21-9-17-10/h1-4,6,8-9,16H,5,7H2. The van der Waals surface area contributed by atoms with Crippen LogP contribution in [0.5, 0.6) is 0 Å². The number of thiazole rings is 1. The number of nitrogens with zero attached hydrogens (tertiary/aromatic N) is 3. The van der Waals surface area contributed by atoms with Crippen molar-refractivity contribution in [2.24, 2.45) is 0 Å². The minimum Gasteiger partial charge on any atom is -0.379 e. The molecule has 3 rings (SSSR count). The molecule has 1 N–H and O–H groups in total. The van der Waals surface area contributed by atoms with Crippen LogP contribution in [-0.4, -0.2) is 21.4 Å². The highest BCUT2D eigenvalue weighted by Gasteiger charge is 2.18. The lowest BCUT2D eigenvalue weighted by atomic mass is 10.1. The van der Waals surface area contributed by atoms with E-state index >= 15 is 0 Å². The highest BCUT2D eigenvalue weighted by molar-refractivity contribution is 7.07. The molecule has 0 radical (unpaired) electrons. The summed E-state index contributed by atoms with van der Waals surface area (Å²) < 4.78 is 0. The Morgan fingerprint density at radius 3 is 2.95 bits per heavy atom. The molecule has 106 valence electrons. The van der Waals surface area contributed by atoms with Gasteiger partial charge in [-0.05, 0) is 24.3 Å². The fourth-order valence-electron chi connectivity index (χ4n) is 2.16. The third-order valence-electron chi connectivity index (χ3n) is 3.12. The average Bonchev–Trinajstić information content (AvgIpc) is 3.00. The zero-order valence-corrected chi connectivity index (χ0v) is 11.8. The lowest BCUT2D eigenvalue weighted by molar-refractivity contribution is -0.382. The molecule has 0 fully saturated rings. The van der Waals surface area contributed by atoms with E-state index in [1.54, 1.807) is 47.3 Å². The Hall–Kier alpha value is -2.54. The van der Waals surface area contributed by atoms with Gasteiger partial charge >= 0.3 is 5.69 Å². The first-order valence-electron chi connectivity index (χ1n) is 6.39. The average molecular weight is 300 g/mol. The predicted octanol–water partition coefficient (Wildman–Crippen LogP) is 3.25. The Labute approximate surface area is 124 Å². The van der Waals surface area contributed by atoms with Crippen molar-refractivity contribution < 1.29 is 4.92 Å². The maximum absolute atomic E-state index is 11.4. The van der Waals surface area contributed by atoms with Crippen molar-refractivity contribution in [2.75, 3.05) is 11.9 Å². The Bertz CT molecular complexity index is 774. The molecule has 3 aromatic rings. The van der Waals surface area contributed by atoms with E-state index in [-0.39, 0.29) is 10.6 Å². The van der Waals surface area contributed by atoms with Gasteiger partial charge in [0.2, 0.25) is 0 Å². The van der Waals surface area contributed by atoms with Gasteiger partial charge in [0, 0.05) is 24.5 Å². The Morgan fingerprint density at radius 2 is 2.19 bits per heavy atom. The minimum absolute atomic E-state index is 0.0684. The lowest BCUT2D eigenvalue weighted by Gasteiger charge is -2.08. The maximum Gasteiger partial charge on any atom is 0.301 e. The summed E-state index contributed by atoms with van der Waals surface area (Å²) in [4.78, 5) is 19.3. The fraction of sp³-hybridized carbons (Fsp3) is 0.143. The molecule has 2 heterocycles. The van der Waals surface area contributed by atoms with Gasteiger partial charge in [-0.25, -0.2) is 4.98 Å². The number of benzene rings is 1. The van der Waals surface area contributed by atoms with Gasteiger partial charge in [0.1, 0.15) is 5.69 Å². The summed E-state index contributed by atoms with van der Waals surface area (Å²) in [5, 5.41) is 17.0. The van der Waals surface area contributed by atoms with Gasteiger partial charge in [-0.1, -0.05) is 0 Å². The molecule has 0 aliphatic rings. The molecule has 0 saturated carbocycles. The molecule has 0 atom stereocenters. The van der Waals surface area contributed by atoms with Crippen LogP contribution in [-0.2, 0) is 6.42 Å². The Balaban J connectivity index is 1.87. The smallest absolute Gasteiger partial charge is 0.301 e. The van der Waals surface area contributed by atoms with E-state index in [4.69, 9.17) is 0 Å². The molecule has 0 spiro atoms. The number of nitro benzene ring substituents is 1. The molecule has 0 aliphatic carbocycles. The molecular weight excluding hydrogens is 288 g/mol. The van der Waals surface area contributed by atoms with E-state index < -0.39 is 0 Å². The fourth-order valence-corrected chi connectivity index (χ4v) is 2.76. The maximum atomic E-state index is 11.4. The van der Waals surface area contributed by atoms with Crippen molar-refractivity contribution in [1.29, 1.82) is 0 Å². The molecular formula is C14H12N4O2S. The van der Waals surface area contributed by atoms with E-state index in [9.17, 15) is 10.1 Å². The quantitative estimate of drug-likeness (QED) is 0.578. The van der Waals surface area contributed by atoms with Gasteiger partial charge in [0.25, 0.3) is 0 Å². The van der Waals surface area contributed by atoms with Gasteiger partial charge in [-0.2, -0.15) is 0 Å². The first-order chi connectivity index (χ1) is 10.3. The number of rotatable bonds is 5. The zero-order chi connectivity index (χ0) is 14.7. The number of pyridine rings is 1. The highest BCUT2D eigenvalue weighted by Crippen LogP contribution is 2.32. The Kier molecular flexibility index (Phi) is 3.74. The largest absolute Gasteiger partial charge is 0.379 e. The Morgan fingerprint density at radius 1 is 1.29 bits per heavy atom. The third-order valence-corrected chi connectivity index (χ3v) is 3.75. The number of fused-ring (bicyclic) bond motifs is 1. The van der Waals surface area contributed by atoms with Crippen molar-refractivity contribution in [3.63, 3.8) is 0 Å². The zero-order valence-electron chi connectivity index (χ0n) is 11.0. The van der Waals surface area contributed by atoms with Gasteiger partial charge in [0.15, 0.2) is 0 Å². The van der Waals surface area contributed by atoms with Crippen LogP contribution in [0.4, 0.5) is 11.4 Å². The topological polar surface area (TPSA) is 81.0 Å². The second kappa shape index (κ2) is 5.84. The van der Waals surface area contributed by atoms with Crippen LogP contribution in [0.2, 0.25) is 0 Å². The van der Waals surface area contributed by atoms with Crippen molar-refractivity contribution in [2.45, 2.75) is 6.42 Å². The van der Waals surface area contributed by atoms with Crippen LogP contribution in [0.15, 0.2) is 41.4 Å². The molecule has 21 heavy (non-hydrogen) atoms. The van der Waals surface area contributed by atoms with E-state index in [1.807, 2.05) is 5.38 Å². The van der Waals surface area contributed by atoms with Gasteiger partial charge in [0.05, 0.1) is 27.0 Å². The second-order valence-corrected chi connectivity index (χ2v) is 5.16. The van der Waals surface area contributed by atoms with Crippen molar-refractivity contribution >= 4 is 33.6 Å². The van der Waals surface area contributed by atoms with Crippen LogP contribution in [0.25, 0.3) is 10.9 Å². The van der Waals surface area contributed by atoms with Crippen LogP contribution in [0, 0.1) is 10.1 Å². The molecule has 0 saturated heterocycles. The second-order valence-electron chi connectivity index (χ2n) is 4.45. The van der Waals surface area contributed by atoms with E-state index in [2.05, 4.69) is 15.3 Å². The van der Waals surface area contributed by atoms with Gasteiger partial charge in [-0.15, -0.1) is 11.3 Å². The third kappa shape index (κ3) is 2.82. The summed E-state index contributed by atoms with van der Waals surface area (Å²) in [6.07, 6.45) is 2.35. The number of anilines is 1. The predicted molar refractivity (Wildman–Crippen MR) is 82.7 cm³/mol. The molecule has 0 aliphatic heterocycles. The first-order valence-corrected chi connectivity index (χ1v) is 7.33. The molecule has 7 heteroatoms. The molecule has 2 aromatic heterocycles. The van der Waals surface area contributed by atoms with Crippen molar-refractivity contribution in [1.82, 2.24) is 9.97 Å². The monoisotopic (exact) mass is 300 g/mol. The number of aromatic nitrogens is 2. The lowest BCUT2D eigenvalue weighted by Crippen LogP contribution is -2.07. The summed E-state index contributed by atoms with van der Waals surface area (Å²) in [6.45, 7) is 0.594. The summed E-state index contributed by atoms with van der Waals surface area (Å²) in [6, 6.07) is 6.91. The first kappa shape index (κ1) is 13.4.